The fraction of sp³-hybridized carbons (Fsp3) is 0.591. The Bertz CT molecular complexity index is 660. The quantitative estimate of drug-likeness (QED) is 0.671. The van der Waals surface area contributed by atoms with Crippen LogP contribution in [-0.2, 0) is 25.5 Å². The molecule has 6 heteroatoms. The van der Waals surface area contributed by atoms with E-state index < -0.39 is 12.0 Å². The van der Waals surface area contributed by atoms with Crippen molar-refractivity contribution in [2.75, 3.05) is 6.61 Å². The zero-order chi connectivity index (χ0) is 20.5. The van der Waals surface area contributed by atoms with Gasteiger partial charge >= 0.3 is 5.97 Å². The number of benzene rings is 1. The predicted octanol–water partition coefficient (Wildman–Crippen LogP) is 2.61. The van der Waals surface area contributed by atoms with Crippen molar-refractivity contribution in [1.29, 1.82) is 0 Å². The number of hydrogen-bond donors (Lipinski definition) is 2. The van der Waals surface area contributed by atoms with Gasteiger partial charge < -0.3 is 15.4 Å². The molecule has 0 bridgehead atoms. The number of carbonyl (C=O) groups excluding carboxylic acids is 3. The van der Waals surface area contributed by atoms with E-state index in [9.17, 15) is 14.4 Å². The molecule has 1 aliphatic rings. The first kappa shape index (κ1) is 21.9. The van der Waals surface area contributed by atoms with Crippen molar-refractivity contribution in [1.82, 2.24) is 10.6 Å². The van der Waals surface area contributed by atoms with Gasteiger partial charge in [0.1, 0.15) is 6.04 Å². The van der Waals surface area contributed by atoms with Crippen molar-refractivity contribution in [2.24, 2.45) is 11.8 Å². The Labute approximate surface area is 167 Å². The average Bonchev–Trinajstić information content (AvgIpc) is 2.66. The second-order valence-corrected chi connectivity index (χ2v) is 8.00. The Hall–Kier alpha value is -2.37. The van der Waals surface area contributed by atoms with Crippen LogP contribution in [0.15, 0.2) is 30.3 Å². The molecule has 0 unspecified atom stereocenters. The lowest BCUT2D eigenvalue weighted by molar-refractivity contribution is -0.153. The minimum absolute atomic E-state index is 0.145. The van der Waals surface area contributed by atoms with Crippen LogP contribution in [0.1, 0.15) is 52.0 Å². The average molecular weight is 389 g/mol. The van der Waals surface area contributed by atoms with E-state index >= 15 is 0 Å². The Balaban J connectivity index is 1.81. The molecule has 1 aliphatic carbocycles. The molecule has 28 heavy (non-hydrogen) atoms. The van der Waals surface area contributed by atoms with Crippen molar-refractivity contribution in [3.63, 3.8) is 0 Å². The topological polar surface area (TPSA) is 84.5 Å². The van der Waals surface area contributed by atoms with E-state index in [4.69, 9.17) is 4.74 Å². The smallest absolute Gasteiger partial charge is 0.329 e. The van der Waals surface area contributed by atoms with Gasteiger partial charge in [0.25, 0.3) is 5.91 Å². The van der Waals surface area contributed by atoms with Gasteiger partial charge in [-0.05, 0) is 30.2 Å². The van der Waals surface area contributed by atoms with E-state index in [0.717, 1.165) is 24.8 Å². The van der Waals surface area contributed by atoms with Crippen molar-refractivity contribution in [2.45, 2.75) is 65.0 Å². The summed E-state index contributed by atoms with van der Waals surface area (Å²) in [6.45, 7) is 5.48. The number of nitrogens with one attached hydrogen (secondary N) is 2. The molecule has 0 aliphatic heterocycles. The molecular formula is C22H32N2O4. The van der Waals surface area contributed by atoms with E-state index in [0.29, 0.717) is 5.92 Å². The summed E-state index contributed by atoms with van der Waals surface area (Å²) in [5.41, 5.74) is 0.872. The molecule has 0 saturated heterocycles. The molecule has 2 N–H and O–H groups in total. The summed E-state index contributed by atoms with van der Waals surface area (Å²) >= 11 is 0. The van der Waals surface area contributed by atoms with Gasteiger partial charge in [-0.1, -0.05) is 63.9 Å². The molecule has 6 nitrogen and oxygen atoms in total. The van der Waals surface area contributed by atoms with Gasteiger partial charge in [0.2, 0.25) is 5.91 Å². The minimum Gasteiger partial charge on any atom is -0.454 e. The van der Waals surface area contributed by atoms with Crippen molar-refractivity contribution < 1.29 is 19.1 Å². The standard InChI is InChI=1S/C22H32N2O4/c1-15(2)21(24-19(25)13-17-10-5-4-6-11-17)22(27)28-14-20(26)23-18-12-8-7-9-16(18)3/h4-6,10-11,15-16,18,21H,7-9,12-14H2,1-3H3,(H,23,26)(H,24,25)/t16-,18-,21-/m0/s1. The molecule has 0 aromatic heterocycles. The maximum absolute atomic E-state index is 12.4. The van der Waals surface area contributed by atoms with Crippen molar-refractivity contribution in [3.05, 3.63) is 35.9 Å². The van der Waals surface area contributed by atoms with Gasteiger partial charge in [-0.15, -0.1) is 0 Å². The first-order valence-electron chi connectivity index (χ1n) is 10.2. The highest BCUT2D eigenvalue weighted by molar-refractivity contribution is 5.87. The first-order valence-corrected chi connectivity index (χ1v) is 10.2. The lowest BCUT2D eigenvalue weighted by atomic mass is 9.86. The second-order valence-electron chi connectivity index (χ2n) is 8.00. The van der Waals surface area contributed by atoms with Gasteiger partial charge in [0, 0.05) is 6.04 Å². The molecule has 1 aromatic rings. The Morgan fingerprint density at radius 2 is 1.75 bits per heavy atom. The monoisotopic (exact) mass is 388 g/mol. The maximum Gasteiger partial charge on any atom is 0.329 e. The Morgan fingerprint density at radius 3 is 2.39 bits per heavy atom. The lowest BCUT2D eigenvalue weighted by Crippen LogP contribution is -2.47. The number of amides is 2. The second kappa shape index (κ2) is 10.8. The number of rotatable bonds is 8. The molecule has 0 radical (unpaired) electrons. The fourth-order valence-corrected chi connectivity index (χ4v) is 3.51. The van der Waals surface area contributed by atoms with Crippen molar-refractivity contribution in [3.8, 4) is 0 Å². The summed E-state index contributed by atoms with van der Waals surface area (Å²) in [4.78, 5) is 36.8. The number of esters is 1. The van der Waals surface area contributed by atoms with Gasteiger partial charge in [-0.25, -0.2) is 4.79 Å². The van der Waals surface area contributed by atoms with Crippen molar-refractivity contribution >= 4 is 17.8 Å². The summed E-state index contributed by atoms with van der Waals surface area (Å²) in [5, 5.41) is 5.69. The number of hydrogen-bond acceptors (Lipinski definition) is 4. The van der Waals surface area contributed by atoms with Gasteiger partial charge in [-0.3, -0.25) is 9.59 Å². The third-order valence-corrected chi connectivity index (χ3v) is 5.25. The Kier molecular flexibility index (Phi) is 8.48. The molecular weight excluding hydrogens is 356 g/mol. The molecule has 1 saturated carbocycles. The molecule has 2 rings (SSSR count). The molecule has 1 fully saturated rings. The van der Waals surface area contributed by atoms with Crippen LogP contribution in [0.5, 0.6) is 0 Å². The predicted molar refractivity (Wildman–Crippen MR) is 107 cm³/mol. The maximum atomic E-state index is 12.4. The molecule has 0 spiro atoms. The van der Waals surface area contributed by atoms with E-state index in [-0.39, 0.29) is 36.8 Å². The summed E-state index contributed by atoms with van der Waals surface area (Å²) in [5.74, 6) is -0.821. The van der Waals surface area contributed by atoms with Crippen LogP contribution in [-0.4, -0.2) is 36.5 Å². The summed E-state index contributed by atoms with van der Waals surface area (Å²) in [6, 6.07) is 8.70. The zero-order valence-electron chi connectivity index (χ0n) is 17.1. The van der Waals surface area contributed by atoms with Crippen LogP contribution in [0.25, 0.3) is 0 Å². The molecule has 0 heterocycles. The molecule has 1 aromatic carbocycles. The van der Waals surface area contributed by atoms with Crippen LogP contribution in [0.3, 0.4) is 0 Å². The van der Waals surface area contributed by atoms with Crippen LogP contribution < -0.4 is 10.6 Å². The van der Waals surface area contributed by atoms with Gasteiger partial charge in [-0.2, -0.15) is 0 Å². The van der Waals surface area contributed by atoms with E-state index in [1.54, 1.807) is 0 Å². The molecule has 154 valence electrons. The third-order valence-electron chi connectivity index (χ3n) is 5.25. The lowest BCUT2D eigenvalue weighted by Gasteiger charge is -2.29. The highest BCUT2D eigenvalue weighted by Gasteiger charge is 2.27. The molecule has 3 atom stereocenters. The van der Waals surface area contributed by atoms with E-state index in [1.807, 2.05) is 44.2 Å². The largest absolute Gasteiger partial charge is 0.454 e. The number of ether oxygens (including phenoxy) is 1. The van der Waals surface area contributed by atoms with Crippen LogP contribution in [0.2, 0.25) is 0 Å². The minimum atomic E-state index is -0.780. The highest BCUT2D eigenvalue weighted by atomic mass is 16.5. The van der Waals surface area contributed by atoms with E-state index in [1.165, 1.54) is 6.42 Å². The van der Waals surface area contributed by atoms with E-state index in [2.05, 4.69) is 17.6 Å². The SMILES string of the molecule is CC(C)[C@H](NC(=O)Cc1ccccc1)C(=O)OCC(=O)N[C@H]1CCCC[C@@H]1C. The first-order chi connectivity index (χ1) is 13.4. The zero-order valence-corrected chi connectivity index (χ0v) is 17.1. The Morgan fingerprint density at radius 1 is 1.07 bits per heavy atom. The summed E-state index contributed by atoms with van der Waals surface area (Å²) in [7, 11) is 0. The molecule has 2 amide bonds. The fourth-order valence-electron chi connectivity index (χ4n) is 3.51. The normalized spacial score (nSPS) is 20.3. The third kappa shape index (κ3) is 6.98. The summed E-state index contributed by atoms with van der Waals surface area (Å²) in [6.07, 6.45) is 4.56. The van der Waals surface area contributed by atoms with Crippen LogP contribution >= 0.6 is 0 Å². The van der Waals surface area contributed by atoms with Crippen LogP contribution in [0.4, 0.5) is 0 Å². The number of carbonyl (C=O) groups is 3. The summed E-state index contributed by atoms with van der Waals surface area (Å²) < 4.78 is 5.19. The van der Waals surface area contributed by atoms with Gasteiger partial charge in [0.15, 0.2) is 6.61 Å². The van der Waals surface area contributed by atoms with Gasteiger partial charge in [0.05, 0.1) is 6.42 Å². The van der Waals surface area contributed by atoms with Crippen LogP contribution in [0, 0.1) is 11.8 Å². The highest BCUT2D eigenvalue weighted by Crippen LogP contribution is 2.23.